The van der Waals surface area contributed by atoms with Gasteiger partial charge < -0.3 is 10.2 Å². The van der Waals surface area contributed by atoms with Crippen LogP contribution in [0.3, 0.4) is 0 Å². The summed E-state index contributed by atoms with van der Waals surface area (Å²) in [7, 11) is 0. The fraction of sp³-hybridized carbons (Fsp3) is 0.333. The molecule has 5 rings (SSSR count). The van der Waals surface area contributed by atoms with Crippen LogP contribution in [0.2, 0.25) is 5.02 Å². The summed E-state index contributed by atoms with van der Waals surface area (Å²) in [5.74, 6) is 0.652. The Hall–Kier alpha value is -2.15. The van der Waals surface area contributed by atoms with Crippen molar-refractivity contribution in [1.29, 1.82) is 0 Å². The summed E-state index contributed by atoms with van der Waals surface area (Å²) in [5.41, 5.74) is 2.86. The lowest BCUT2D eigenvalue weighted by atomic mass is 10.1. The number of carbonyl (C=O) groups is 1. The zero-order chi connectivity index (χ0) is 22.6. The fourth-order valence-electron chi connectivity index (χ4n) is 3.83. The monoisotopic (exact) mass is 416 g/mol. The number of hydrogen-bond donors (Lipinski definition) is 1. The van der Waals surface area contributed by atoms with Crippen LogP contribution in [-0.4, -0.2) is 47.9 Å². The molecule has 0 unspecified atom stereocenters. The molecule has 0 aliphatic carbocycles. The highest BCUT2D eigenvalue weighted by Gasteiger charge is 2.22. The predicted octanol–water partition coefficient (Wildman–Crippen LogP) is 3.81. The molecule has 1 N–H and O–H groups in total. The first-order valence-corrected chi connectivity index (χ1v) is 10.4. The van der Waals surface area contributed by atoms with Gasteiger partial charge in [0.05, 0.1) is 16.6 Å². The number of amides is 1. The Morgan fingerprint density at radius 2 is 2.04 bits per heavy atom. The van der Waals surface area contributed by atoms with Gasteiger partial charge in [0.1, 0.15) is 5.82 Å². The molecule has 0 bridgehead atoms. The number of carbonyl (C=O) groups excluding carboxylic acids is 1. The summed E-state index contributed by atoms with van der Waals surface area (Å²) in [6.07, 6.45) is 1.20. The number of hydrogen-bond acceptors (Lipinski definition) is 5. The van der Waals surface area contributed by atoms with Crippen LogP contribution >= 0.6 is 23.1 Å². The highest BCUT2D eigenvalue weighted by Crippen LogP contribution is 2.31. The Kier molecular flexibility index (Phi) is 3.66. The minimum Gasteiger partial charge on any atom is -0.353 e. The van der Waals surface area contributed by atoms with Crippen molar-refractivity contribution in [3.05, 3.63) is 52.5 Å². The Morgan fingerprint density at radius 1 is 1.21 bits per heavy atom. The molecule has 0 spiro atoms. The largest absolute Gasteiger partial charge is 0.353 e. The molecule has 3 aromatic rings. The Labute approximate surface area is 178 Å². The molecule has 2 aliphatic heterocycles. The second kappa shape index (κ2) is 7.35. The summed E-state index contributed by atoms with van der Waals surface area (Å²) in [5, 5.41) is 4.01. The first kappa shape index (κ1) is 13.9. The Morgan fingerprint density at radius 3 is 2.89 bits per heavy atom. The van der Waals surface area contributed by atoms with Gasteiger partial charge in [-0.05, 0) is 47.2 Å². The summed E-state index contributed by atoms with van der Waals surface area (Å²) in [4.78, 5) is 16.1. The predicted molar refractivity (Wildman–Crippen MR) is 116 cm³/mol. The van der Waals surface area contributed by atoms with Crippen molar-refractivity contribution >= 4 is 50.6 Å². The fourth-order valence-corrected chi connectivity index (χ4v) is 4.80. The number of benzene rings is 2. The van der Waals surface area contributed by atoms with Crippen LogP contribution in [0.5, 0.6) is 0 Å². The maximum Gasteiger partial charge on any atom is 0.228 e. The van der Waals surface area contributed by atoms with Crippen molar-refractivity contribution in [1.82, 2.24) is 9.27 Å². The van der Waals surface area contributed by atoms with E-state index in [0.717, 1.165) is 67.5 Å². The second-order valence-electron chi connectivity index (χ2n) is 7.11. The normalized spacial score (nSPS) is 19.2. The molecule has 1 amide bonds. The van der Waals surface area contributed by atoms with E-state index in [1.807, 2.05) is 12.1 Å². The van der Waals surface area contributed by atoms with Crippen LogP contribution < -0.4 is 10.2 Å². The van der Waals surface area contributed by atoms with Crippen molar-refractivity contribution in [2.75, 3.05) is 42.9 Å². The second-order valence-corrected chi connectivity index (χ2v) is 8.30. The lowest BCUT2D eigenvalue weighted by molar-refractivity contribution is -0.115. The number of nitrogens with one attached hydrogen (secondary N) is 1. The van der Waals surface area contributed by atoms with E-state index >= 15 is 0 Å². The third-order valence-electron chi connectivity index (χ3n) is 5.37. The number of fused-ring (bicyclic) bond motifs is 2. The number of aromatic nitrogens is 1. The first-order chi connectivity index (χ1) is 15.3. The average Bonchev–Trinajstić information content (AvgIpc) is 3.38. The SMILES string of the molecule is [2H]c1c([2H])c([2H])c2c(N3CCN(CCc4cc5c(cc4Cl)NC(=O)C5)CC3)nsc2c1[2H]. The zero-order valence-electron chi connectivity index (χ0n) is 19.1. The molecule has 28 heavy (non-hydrogen) atoms. The molecule has 0 saturated carbocycles. The third kappa shape index (κ3) is 3.36. The molecule has 7 heteroatoms. The first-order valence-electron chi connectivity index (χ1n) is 11.3. The molecule has 0 atom stereocenters. The number of nitrogens with zero attached hydrogens (tertiary/aromatic N) is 3. The van der Waals surface area contributed by atoms with E-state index in [9.17, 15) is 4.79 Å². The lowest BCUT2D eigenvalue weighted by Crippen LogP contribution is -2.47. The molecule has 5 nitrogen and oxygen atoms in total. The number of halogens is 1. The van der Waals surface area contributed by atoms with Crippen LogP contribution in [0.4, 0.5) is 11.5 Å². The van der Waals surface area contributed by atoms with Crippen LogP contribution in [0.1, 0.15) is 16.6 Å². The van der Waals surface area contributed by atoms with Gasteiger partial charge in [0.25, 0.3) is 0 Å². The molecule has 2 aromatic carbocycles. The molecule has 144 valence electrons. The Bertz CT molecular complexity index is 1240. The van der Waals surface area contributed by atoms with Gasteiger partial charge in [-0.1, -0.05) is 29.8 Å². The lowest BCUT2D eigenvalue weighted by Gasteiger charge is -2.35. The van der Waals surface area contributed by atoms with E-state index in [0.29, 0.717) is 27.3 Å². The van der Waals surface area contributed by atoms with Gasteiger partial charge in [-0.15, -0.1) is 0 Å². The maximum absolute atomic E-state index is 11.6. The van der Waals surface area contributed by atoms with Gasteiger partial charge in [0, 0.05) is 48.8 Å². The van der Waals surface area contributed by atoms with E-state index in [-0.39, 0.29) is 30.1 Å². The van der Waals surface area contributed by atoms with Crippen molar-refractivity contribution in [2.24, 2.45) is 0 Å². The number of piperazine rings is 1. The van der Waals surface area contributed by atoms with Gasteiger partial charge >= 0.3 is 0 Å². The molecule has 2 aliphatic rings. The Balaban J connectivity index is 1.26. The number of anilines is 2. The quantitative estimate of drug-likeness (QED) is 0.702. The van der Waals surface area contributed by atoms with Crippen molar-refractivity contribution < 1.29 is 10.3 Å². The van der Waals surface area contributed by atoms with Gasteiger partial charge in [-0.2, -0.15) is 4.37 Å². The van der Waals surface area contributed by atoms with Gasteiger partial charge in [0.15, 0.2) is 0 Å². The molecule has 0 radical (unpaired) electrons. The average molecular weight is 417 g/mol. The van der Waals surface area contributed by atoms with Crippen LogP contribution in [0.15, 0.2) is 36.3 Å². The van der Waals surface area contributed by atoms with Crippen molar-refractivity contribution in [2.45, 2.75) is 12.8 Å². The summed E-state index contributed by atoms with van der Waals surface area (Å²) >= 11 is 7.56. The minimum atomic E-state index is -0.217. The topological polar surface area (TPSA) is 48.5 Å². The third-order valence-corrected chi connectivity index (χ3v) is 6.47. The van der Waals surface area contributed by atoms with Crippen LogP contribution in [-0.2, 0) is 17.6 Å². The van der Waals surface area contributed by atoms with E-state index in [4.69, 9.17) is 17.1 Å². The van der Waals surface area contributed by atoms with E-state index in [2.05, 4.69) is 19.5 Å². The highest BCUT2D eigenvalue weighted by molar-refractivity contribution is 7.13. The van der Waals surface area contributed by atoms with Gasteiger partial charge in [-0.3, -0.25) is 9.69 Å². The van der Waals surface area contributed by atoms with Crippen LogP contribution in [0, 0.1) is 0 Å². The van der Waals surface area contributed by atoms with Crippen molar-refractivity contribution in [3.63, 3.8) is 0 Å². The smallest absolute Gasteiger partial charge is 0.228 e. The number of rotatable bonds is 4. The molecular formula is C21H21ClN4OS. The standard InChI is InChI=1S/C21H21ClN4OS/c22-17-13-18-15(12-20(27)23-18)11-14(17)5-6-25-7-9-26(10-8-25)21-16-3-1-2-4-19(16)28-24-21/h1-4,11,13H,5-10,12H2,(H,23,27)/i1D,2D,3D,4D. The molecule has 3 heterocycles. The molecular weight excluding hydrogens is 392 g/mol. The zero-order valence-corrected chi connectivity index (χ0v) is 16.7. The van der Waals surface area contributed by atoms with E-state index in [1.165, 1.54) is 0 Å². The van der Waals surface area contributed by atoms with E-state index in [1.54, 1.807) is 0 Å². The van der Waals surface area contributed by atoms with Crippen LogP contribution in [0.25, 0.3) is 10.1 Å². The summed E-state index contributed by atoms with van der Waals surface area (Å²) < 4.78 is 37.2. The molecule has 1 aromatic heterocycles. The summed E-state index contributed by atoms with van der Waals surface area (Å²) in [6.45, 7) is 3.97. The molecule has 1 saturated heterocycles. The van der Waals surface area contributed by atoms with Gasteiger partial charge in [0.2, 0.25) is 5.91 Å². The van der Waals surface area contributed by atoms with Gasteiger partial charge in [-0.25, -0.2) is 0 Å². The van der Waals surface area contributed by atoms with Crippen molar-refractivity contribution in [3.8, 4) is 0 Å². The van der Waals surface area contributed by atoms with E-state index < -0.39 is 0 Å². The summed E-state index contributed by atoms with van der Waals surface area (Å²) in [6, 6.07) is 3.39. The maximum atomic E-state index is 11.6. The minimum absolute atomic E-state index is 0.00348. The molecule has 1 fully saturated rings. The highest BCUT2D eigenvalue weighted by atomic mass is 35.5.